The fourth-order valence-corrected chi connectivity index (χ4v) is 4.69. The van der Waals surface area contributed by atoms with Gasteiger partial charge in [0.25, 0.3) is 0 Å². The second-order valence-corrected chi connectivity index (χ2v) is 8.47. The summed E-state index contributed by atoms with van der Waals surface area (Å²) < 4.78 is 26.0. The third-order valence-corrected chi connectivity index (χ3v) is 7.35. The van der Waals surface area contributed by atoms with Crippen molar-refractivity contribution in [2.45, 2.75) is 40.0 Å². The van der Waals surface area contributed by atoms with Crippen molar-refractivity contribution in [2.75, 3.05) is 12.3 Å². The maximum absolute atomic E-state index is 13.6. The van der Waals surface area contributed by atoms with E-state index in [0.29, 0.717) is 24.3 Å². The Morgan fingerprint density at radius 3 is 2.31 bits per heavy atom. The van der Waals surface area contributed by atoms with Gasteiger partial charge in [0.15, 0.2) is 0 Å². The summed E-state index contributed by atoms with van der Waals surface area (Å²) in [5.74, 6) is -1.37. The van der Waals surface area contributed by atoms with Gasteiger partial charge in [-0.25, -0.2) is 4.39 Å². The predicted octanol–water partition coefficient (Wildman–Crippen LogP) is 3.61. The predicted molar refractivity (Wildman–Crippen MR) is 65.8 cm³/mol. The smallest absolute Gasteiger partial charge is 0.115 e. The van der Waals surface area contributed by atoms with Gasteiger partial charge in [-0.1, -0.05) is 20.8 Å². The minimum Gasteiger partial charge on any atom is -0.385 e. The third-order valence-electron chi connectivity index (χ3n) is 3.89. The standard InChI is InChI=1S/C12H22FO2P/c1-5-16(15,6-2)12(14)10-7-8(3)11(13)9(10)4/h8,10,12,14H,5-7H2,1-4H3/t8?,10-,12?/m0/s1. The van der Waals surface area contributed by atoms with Gasteiger partial charge in [0.05, 0.1) is 0 Å². The molecule has 0 aromatic carbocycles. The SMILES string of the molecule is CCP(=O)(CC)C(O)[C@H]1CC(C)C(F)=C1C. The summed E-state index contributed by atoms with van der Waals surface area (Å²) >= 11 is 0. The molecule has 0 bridgehead atoms. The van der Waals surface area contributed by atoms with Gasteiger partial charge >= 0.3 is 0 Å². The average Bonchev–Trinajstić information content (AvgIpc) is 2.55. The van der Waals surface area contributed by atoms with Crippen LogP contribution in [0.25, 0.3) is 0 Å². The number of aliphatic hydroxyl groups is 1. The zero-order chi connectivity index (χ0) is 12.5. The summed E-state index contributed by atoms with van der Waals surface area (Å²) in [6, 6.07) is 0. The molecule has 0 heterocycles. The molecule has 16 heavy (non-hydrogen) atoms. The largest absolute Gasteiger partial charge is 0.385 e. The number of rotatable bonds is 4. The van der Waals surface area contributed by atoms with E-state index >= 15 is 0 Å². The van der Waals surface area contributed by atoms with Crippen LogP contribution in [0.15, 0.2) is 11.4 Å². The van der Waals surface area contributed by atoms with E-state index in [2.05, 4.69) is 0 Å². The van der Waals surface area contributed by atoms with Gasteiger partial charge in [0.1, 0.15) is 18.8 Å². The lowest BCUT2D eigenvalue weighted by atomic mass is 10.0. The van der Waals surface area contributed by atoms with E-state index in [0.717, 1.165) is 0 Å². The first-order chi connectivity index (χ1) is 7.37. The molecule has 1 aliphatic carbocycles. The molecule has 0 radical (unpaired) electrons. The highest BCUT2D eigenvalue weighted by atomic mass is 31.2. The number of hydrogen-bond acceptors (Lipinski definition) is 2. The van der Waals surface area contributed by atoms with E-state index in [9.17, 15) is 14.1 Å². The van der Waals surface area contributed by atoms with Crippen LogP contribution < -0.4 is 0 Å². The Bertz CT molecular complexity index is 330. The minimum absolute atomic E-state index is 0.122. The molecule has 3 atom stereocenters. The van der Waals surface area contributed by atoms with Crippen LogP contribution in [0.2, 0.25) is 0 Å². The Labute approximate surface area is 97.3 Å². The van der Waals surface area contributed by atoms with E-state index in [1.165, 1.54) is 0 Å². The van der Waals surface area contributed by atoms with E-state index in [1.807, 2.05) is 20.8 Å². The van der Waals surface area contributed by atoms with Crippen LogP contribution in [0.3, 0.4) is 0 Å². The molecule has 4 heteroatoms. The highest BCUT2D eigenvalue weighted by Crippen LogP contribution is 2.56. The molecule has 0 amide bonds. The number of allylic oxidation sites excluding steroid dienone is 1. The average molecular weight is 248 g/mol. The van der Waals surface area contributed by atoms with Crippen LogP contribution in [-0.4, -0.2) is 23.3 Å². The molecule has 0 spiro atoms. The normalized spacial score (nSPS) is 28.6. The molecule has 0 fully saturated rings. The van der Waals surface area contributed by atoms with Crippen LogP contribution >= 0.6 is 7.14 Å². The quantitative estimate of drug-likeness (QED) is 0.772. The lowest BCUT2D eigenvalue weighted by Gasteiger charge is -2.27. The maximum Gasteiger partial charge on any atom is 0.115 e. The van der Waals surface area contributed by atoms with Gasteiger partial charge in [-0.2, -0.15) is 0 Å². The topological polar surface area (TPSA) is 37.3 Å². The van der Waals surface area contributed by atoms with Gasteiger partial charge in [-0.3, -0.25) is 0 Å². The highest BCUT2D eigenvalue weighted by molar-refractivity contribution is 7.64. The Hall–Kier alpha value is -0.140. The van der Waals surface area contributed by atoms with Crippen molar-refractivity contribution in [1.29, 1.82) is 0 Å². The minimum atomic E-state index is -2.56. The first-order valence-electron chi connectivity index (χ1n) is 5.99. The molecule has 0 saturated carbocycles. The van der Waals surface area contributed by atoms with Gasteiger partial charge in [-0.15, -0.1) is 0 Å². The van der Waals surface area contributed by atoms with Crippen molar-refractivity contribution in [2.24, 2.45) is 11.8 Å². The summed E-state index contributed by atoms with van der Waals surface area (Å²) in [7, 11) is -2.56. The summed E-state index contributed by atoms with van der Waals surface area (Å²) in [5, 5.41) is 10.2. The molecular weight excluding hydrogens is 226 g/mol. The maximum atomic E-state index is 13.6. The summed E-state index contributed by atoms with van der Waals surface area (Å²) in [6.45, 7) is 7.19. The van der Waals surface area contributed by atoms with Crippen LogP contribution in [0.5, 0.6) is 0 Å². The Morgan fingerprint density at radius 2 is 2.00 bits per heavy atom. The van der Waals surface area contributed by atoms with Gasteiger partial charge in [-0.05, 0) is 18.9 Å². The highest BCUT2D eigenvalue weighted by Gasteiger charge is 2.40. The van der Waals surface area contributed by atoms with E-state index in [-0.39, 0.29) is 17.7 Å². The molecule has 0 aromatic rings. The van der Waals surface area contributed by atoms with E-state index < -0.39 is 13.0 Å². The van der Waals surface area contributed by atoms with Crippen LogP contribution in [0, 0.1) is 11.8 Å². The van der Waals surface area contributed by atoms with Gasteiger partial charge < -0.3 is 9.67 Å². The van der Waals surface area contributed by atoms with Crippen LogP contribution in [0.4, 0.5) is 4.39 Å². The Morgan fingerprint density at radius 1 is 1.50 bits per heavy atom. The Kier molecular flexibility index (Phi) is 4.36. The first kappa shape index (κ1) is 13.9. The van der Waals surface area contributed by atoms with Crippen molar-refractivity contribution < 1.29 is 14.1 Å². The molecule has 1 N–H and O–H groups in total. The third kappa shape index (κ3) is 2.26. The molecule has 0 aromatic heterocycles. The number of hydrogen-bond donors (Lipinski definition) is 1. The van der Waals surface area contributed by atoms with Crippen LogP contribution in [0.1, 0.15) is 34.1 Å². The van der Waals surface area contributed by atoms with Gasteiger partial charge in [0.2, 0.25) is 0 Å². The zero-order valence-corrected chi connectivity index (χ0v) is 11.4. The van der Waals surface area contributed by atoms with Crippen molar-refractivity contribution in [3.8, 4) is 0 Å². The molecule has 2 unspecified atom stereocenters. The summed E-state index contributed by atoms with van der Waals surface area (Å²) in [4.78, 5) is 0. The lowest BCUT2D eigenvalue weighted by Crippen LogP contribution is -2.22. The number of aliphatic hydroxyl groups excluding tert-OH is 1. The summed E-state index contributed by atoms with van der Waals surface area (Å²) in [5.41, 5.74) is 0.599. The van der Waals surface area contributed by atoms with Gasteiger partial charge in [0, 0.05) is 24.2 Å². The van der Waals surface area contributed by atoms with E-state index in [1.54, 1.807) is 6.92 Å². The molecule has 1 rings (SSSR count). The molecule has 0 saturated heterocycles. The fraction of sp³-hybridized carbons (Fsp3) is 0.833. The van der Waals surface area contributed by atoms with Crippen molar-refractivity contribution >= 4 is 7.14 Å². The lowest BCUT2D eigenvalue weighted by molar-refractivity contribution is 0.191. The van der Waals surface area contributed by atoms with E-state index in [4.69, 9.17) is 0 Å². The van der Waals surface area contributed by atoms with Crippen molar-refractivity contribution in [1.82, 2.24) is 0 Å². The first-order valence-corrected chi connectivity index (χ1v) is 8.14. The van der Waals surface area contributed by atoms with Crippen molar-refractivity contribution in [3.05, 3.63) is 11.4 Å². The fourth-order valence-electron chi connectivity index (χ4n) is 2.50. The molecular formula is C12H22FO2P. The summed E-state index contributed by atoms with van der Waals surface area (Å²) in [6.07, 6.45) is 1.57. The molecule has 1 aliphatic rings. The number of halogens is 1. The molecule has 2 nitrogen and oxygen atoms in total. The monoisotopic (exact) mass is 248 g/mol. The van der Waals surface area contributed by atoms with Crippen LogP contribution in [-0.2, 0) is 4.57 Å². The molecule has 94 valence electrons. The second-order valence-electron chi connectivity index (χ2n) is 4.77. The molecule has 0 aliphatic heterocycles. The Balaban J connectivity index is 2.93. The second kappa shape index (κ2) is 5.01. The zero-order valence-electron chi connectivity index (χ0n) is 10.5. The van der Waals surface area contributed by atoms with Crippen molar-refractivity contribution in [3.63, 3.8) is 0 Å².